The Bertz CT molecular complexity index is 535. The topological polar surface area (TPSA) is 57.6 Å². The minimum atomic E-state index is -0.857. The first-order chi connectivity index (χ1) is 9.40. The average molecular weight is 275 g/mol. The molecule has 2 rings (SSSR count). The van der Waals surface area contributed by atoms with Gasteiger partial charge in [-0.05, 0) is 38.3 Å². The van der Waals surface area contributed by atoms with Gasteiger partial charge in [-0.3, -0.25) is 9.59 Å². The average Bonchev–Trinajstić information content (AvgIpc) is 3.19. The van der Waals surface area contributed by atoms with Crippen molar-refractivity contribution in [3.8, 4) is 0 Å². The fourth-order valence-corrected chi connectivity index (χ4v) is 2.37. The fraction of sp³-hybridized carbons (Fsp3) is 0.500. The number of benzene rings is 1. The molecule has 1 saturated carbocycles. The van der Waals surface area contributed by atoms with Crippen molar-refractivity contribution < 1.29 is 14.7 Å². The van der Waals surface area contributed by atoms with Crippen molar-refractivity contribution in [3.05, 3.63) is 34.9 Å². The van der Waals surface area contributed by atoms with E-state index in [4.69, 9.17) is 5.11 Å². The number of amides is 1. The maximum absolute atomic E-state index is 12.6. The molecule has 0 heterocycles. The monoisotopic (exact) mass is 275 g/mol. The molecule has 4 heteroatoms. The maximum Gasteiger partial charge on any atom is 0.308 e. The van der Waals surface area contributed by atoms with Crippen molar-refractivity contribution in [2.45, 2.75) is 39.7 Å². The second-order valence-electron chi connectivity index (χ2n) is 5.75. The lowest BCUT2D eigenvalue weighted by Crippen LogP contribution is -2.38. The van der Waals surface area contributed by atoms with Gasteiger partial charge in [0.1, 0.15) is 0 Å². The molecule has 0 spiro atoms. The fourth-order valence-electron chi connectivity index (χ4n) is 2.37. The number of carboxylic acid groups (broad SMARTS) is 1. The summed E-state index contributed by atoms with van der Waals surface area (Å²) >= 11 is 0. The van der Waals surface area contributed by atoms with Crippen LogP contribution in [0, 0.1) is 19.8 Å². The minimum absolute atomic E-state index is 0.0434. The summed E-state index contributed by atoms with van der Waals surface area (Å²) in [6.07, 6.45) is 1.95. The third-order valence-corrected chi connectivity index (χ3v) is 3.75. The van der Waals surface area contributed by atoms with Crippen LogP contribution in [-0.4, -0.2) is 34.5 Å². The van der Waals surface area contributed by atoms with E-state index in [0.29, 0.717) is 5.56 Å². The number of carbonyl (C=O) groups is 2. The summed E-state index contributed by atoms with van der Waals surface area (Å²) in [5.41, 5.74) is 2.75. The van der Waals surface area contributed by atoms with Crippen LogP contribution in [0.1, 0.15) is 41.3 Å². The van der Waals surface area contributed by atoms with E-state index in [0.717, 1.165) is 24.0 Å². The highest BCUT2D eigenvalue weighted by molar-refractivity contribution is 5.96. The zero-order valence-corrected chi connectivity index (χ0v) is 12.2. The highest BCUT2D eigenvalue weighted by Crippen LogP contribution is 2.29. The Morgan fingerprint density at radius 3 is 2.50 bits per heavy atom. The van der Waals surface area contributed by atoms with Gasteiger partial charge in [0.2, 0.25) is 0 Å². The van der Waals surface area contributed by atoms with Crippen molar-refractivity contribution in [3.63, 3.8) is 0 Å². The molecule has 0 aliphatic heterocycles. The molecular formula is C16H21NO3. The largest absolute Gasteiger partial charge is 0.481 e. The molecule has 1 aromatic carbocycles. The van der Waals surface area contributed by atoms with Gasteiger partial charge in [0.25, 0.3) is 5.91 Å². The van der Waals surface area contributed by atoms with Gasteiger partial charge in [-0.25, -0.2) is 0 Å². The molecule has 0 aromatic heterocycles. The van der Waals surface area contributed by atoms with Crippen LogP contribution in [0.25, 0.3) is 0 Å². The first-order valence-corrected chi connectivity index (χ1v) is 7.01. The highest BCUT2D eigenvalue weighted by atomic mass is 16.4. The van der Waals surface area contributed by atoms with Gasteiger partial charge in [-0.2, -0.15) is 0 Å². The van der Waals surface area contributed by atoms with E-state index in [2.05, 4.69) is 0 Å². The van der Waals surface area contributed by atoms with Crippen LogP contribution in [0.3, 0.4) is 0 Å². The van der Waals surface area contributed by atoms with Crippen molar-refractivity contribution in [1.29, 1.82) is 0 Å². The van der Waals surface area contributed by atoms with Crippen LogP contribution in [0.5, 0.6) is 0 Å². The van der Waals surface area contributed by atoms with Crippen LogP contribution in [-0.2, 0) is 4.79 Å². The van der Waals surface area contributed by atoms with E-state index in [1.165, 1.54) is 0 Å². The van der Waals surface area contributed by atoms with Crippen molar-refractivity contribution in [2.75, 3.05) is 6.54 Å². The van der Waals surface area contributed by atoms with Gasteiger partial charge < -0.3 is 10.0 Å². The van der Waals surface area contributed by atoms with Gasteiger partial charge in [0.15, 0.2) is 0 Å². The molecule has 1 fully saturated rings. The first kappa shape index (κ1) is 14.6. The quantitative estimate of drug-likeness (QED) is 0.898. The number of carbonyl (C=O) groups excluding carboxylic acids is 1. The van der Waals surface area contributed by atoms with E-state index < -0.39 is 11.9 Å². The summed E-state index contributed by atoms with van der Waals surface area (Å²) in [5.74, 6) is -1.44. The number of hydrogen-bond donors (Lipinski definition) is 1. The maximum atomic E-state index is 12.6. The Morgan fingerprint density at radius 1 is 1.35 bits per heavy atom. The summed E-state index contributed by atoms with van der Waals surface area (Å²) in [5, 5.41) is 9.04. The van der Waals surface area contributed by atoms with Crippen molar-refractivity contribution >= 4 is 11.9 Å². The van der Waals surface area contributed by atoms with Crippen LogP contribution in [0.15, 0.2) is 18.2 Å². The number of rotatable bonds is 5. The normalized spacial score (nSPS) is 15.8. The Kier molecular flexibility index (Phi) is 4.12. The smallest absolute Gasteiger partial charge is 0.308 e. The zero-order chi connectivity index (χ0) is 14.9. The molecule has 0 saturated heterocycles. The predicted octanol–water partition coefficient (Wildman–Crippen LogP) is 2.63. The number of hydrogen-bond acceptors (Lipinski definition) is 2. The molecule has 1 atom stereocenters. The third-order valence-electron chi connectivity index (χ3n) is 3.75. The molecule has 1 amide bonds. The first-order valence-electron chi connectivity index (χ1n) is 7.01. The highest BCUT2D eigenvalue weighted by Gasteiger charge is 2.35. The molecule has 1 aliphatic carbocycles. The van der Waals surface area contributed by atoms with E-state index >= 15 is 0 Å². The third kappa shape index (κ3) is 3.18. The number of aliphatic carboxylic acids is 1. The number of aryl methyl sites for hydroxylation is 2. The van der Waals surface area contributed by atoms with Gasteiger partial charge in [-0.1, -0.05) is 24.6 Å². The zero-order valence-electron chi connectivity index (χ0n) is 12.2. The van der Waals surface area contributed by atoms with Gasteiger partial charge in [-0.15, -0.1) is 0 Å². The summed E-state index contributed by atoms with van der Waals surface area (Å²) in [6, 6.07) is 5.96. The van der Waals surface area contributed by atoms with Gasteiger partial charge >= 0.3 is 5.97 Å². The lowest BCUT2D eigenvalue weighted by molar-refractivity contribution is -0.141. The molecule has 108 valence electrons. The number of carboxylic acids is 1. The summed E-state index contributed by atoms with van der Waals surface area (Å²) in [7, 11) is 0. The molecule has 1 N–H and O–H groups in total. The Morgan fingerprint density at radius 2 is 2.00 bits per heavy atom. The van der Waals surface area contributed by atoms with Crippen LogP contribution >= 0.6 is 0 Å². The lowest BCUT2D eigenvalue weighted by atomic mass is 10.0. The molecule has 0 bridgehead atoms. The summed E-state index contributed by atoms with van der Waals surface area (Å²) in [6.45, 7) is 5.84. The van der Waals surface area contributed by atoms with Crippen LogP contribution < -0.4 is 0 Å². The van der Waals surface area contributed by atoms with E-state index in [-0.39, 0.29) is 18.5 Å². The molecule has 0 unspecified atom stereocenters. The second-order valence-corrected chi connectivity index (χ2v) is 5.75. The lowest BCUT2D eigenvalue weighted by Gasteiger charge is -2.25. The Hall–Kier alpha value is -1.84. The molecular weight excluding hydrogens is 254 g/mol. The van der Waals surface area contributed by atoms with Crippen molar-refractivity contribution in [1.82, 2.24) is 4.90 Å². The Balaban J connectivity index is 2.20. The van der Waals surface area contributed by atoms with Gasteiger partial charge in [0.05, 0.1) is 5.92 Å². The SMILES string of the molecule is Cc1ccc(C(=O)N(C[C@@H](C)C(=O)O)C2CC2)c(C)c1. The standard InChI is InChI=1S/C16H21NO3/c1-10-4-7-14(11(2)8-10)15(18)17(13-5-6-13)9-12(3)16(19)20/h4,7-8,12-13H,5-6,9H2,1-3H3,(H,19,20)/t12-/m1/s1. The summed E-state index contributed by atoms with van der Waals surface area (Å²) < 4.78 is 0. The van der Waals surface area contributed by atoms with Gasteiger partial charge in [0, 0.05) is 18.2 Å². The van der Waals surface area contributed by atoms with Crippen LogP contribution in [0.4, 0.5) is 0 Å². The Labute approximate surface area is 119 Å². The van der Waals surface area contributed by atoms with Crippen molar-refractivity contribution in [2.24, 2.45) is 5.92 Å². The van der Waals surface area contributed by atoms with E-state index in [1.54, 1.807) is 11.8 Å². The molecule has 1 aromatic rings. The molecule has 20 heavy (non-hydrogen) atoms. The van der Waals surface area contributed by atoms with E-state index in [1.807, 2.05) is 32.0 Å². The molecule has 1 aliphatic rings. The number of nitrogens with zero attached hydrogens (tertiary/aromatic N) is 1. The molecule has 0 radical (unpaired) electrons. The van der Waals surface area contributed by atoms with Crippen LogP contribution in [0.2, 0.25) is 0 Å². The molecule has 4 nitrogen and oxygen atoms in total. The summed E-state index contributed by atoms with van der Waals surface area (Å²) in [4.78, 5) is 25.4. The second kappa shape index (κ2) is 5.65. The van der Waals surface area contributed by atoms with E-state index in [9.17, 15) is 9.59 Å². The minimum Gasteiger partial charge on any atom is -0.481 e. The predicted molar refractivity (Wildman–Crippen MR) is 76.8 cm³/mol.